The molecule has 1 amide bonds. The van der Waals surface area contributed by atoms with Gasteiger partial charge in [-0.05, 0) is 75.5 Å². The third-order valence-corrected chi connectivity index (χ3v) is 5.58. The molecule has 1 aliphatic rings. The van der Waals surface area contributed by atoms with E-state index >= 15 is 0 Å². The van der Waals surface area contributed by atoms with Crippen molar-refractivity contribution < 1.29 is 38.8 Å². The van der Waals surface area contributed by atoms with Crippen LogP contribution in [0.2, 0.25) is 0 Å². The van der Waals surface area contributed by atoms with Crippen LogP contribution in [0.25, 0.3) is 0 Å². The van der Waals surface area contributed by atoms with Crippen molar-refractivity contribution in [2.75, 3.05) is 20.8 Å². The number of hydrogen-bond acceptors (Lipinski definition) is 7. The molecule has 0 bridgehead atoms. The first kappa shape index (κ1) is 29.4. The average molecular weight is 517 g/mol. The molecule has 0 unspecified atom stereocenters. The first-order chi connectivity index (χ1) is 17.4. The van der Waals surface area contributed by atoms with E-state index in [9.17, 15) is 19.5 Å². The number of carbonyl (C=O) groups is 3. The summed E-state index contributed by atoms with van der Waals surface area (Å²) in [6, 6.07) is 12.6. The molecule has 202 valence electrons. The minimum Gasteiger partial charge on any atom is -0.497 e. The second-order valence-electron chi connectivity index (χ2n) is 9.47. The molecule has 10 heteroatoms. The van der Waals surface area contributed by atoms with Gasteiger partial charge in [-0.25, -0.2) is 9.59 Å². The Bertz CT molecular complexity index is 978. The Balaban J connectivity index is 0.000000510. The van der Waals surface area contributed by atoms with Gasteiger partial charge in [-0.1, -0.05) is 24.3 Å². The standard InChI is InChI=1S/C22H27NO6.C5H9NO2/c1-22(2,3)29-21(26)23-19(20(24)25)18(14-6-10-16(27-4)11-7-14)15-8-12-17(28-5)13-9-15;7-5(8)4-2-1-3-6-4/h6-13,18-19H,1-5H3,(H,23,26)(H,24,25);4,6H,1-3H2,(H,7,8)/t19-;4-/m00/s1. The Hall–Kier alpha value is -3.79. The SMILES string of the molecule is COc1ccc(C(c2ccc(OC)cc2)[C@H](NC(=O)OC(C)(C)C)C(=O)O)cc1.O=C(O)[C@@H]1CCCN1. The number of alkyl carbamates (subject to hydrolysis) is 1. The summed E-state index contributed by atoms with van der Waals surface area (Å²) in [5.74, 6) is -1.25. The molecule has 1 fully saturated rings. The van der Waals surface area contributed by atoms with E-state index in [0.717, 1.165) is 19.4 Å². The van der Waals surface area contributed by atoms with Crippen LogP contribution < -0.4 is 20.1 Å². The molecule has 0 aliphatic carbocycles. The fourth-order valence-electron chi connectivity index (χ4n) is 3.82. The Morgan fingerprint density at radius 1 is 0.919 bits per heavy atom. The Morgan fingerprint density at radius 2 is 1.41 bits per heavy atom. The molecule has 2 aromatic rings. The predicted molar refractivity (Wildman–Crippen MR) is 137 cm³/mol. The Morgan fingerprint density at radius 3 is 1.70 bits per heavy atom. The van der Waals surface area contributed by atoms with Crippen molar-refractivity contribution in [2.45, 2.75) is 57.2 Å². The highest BCUT2D eigenvalue weighted by Gasteiger charge is 2.34. The van der Waals surface area contributed by atoms with Gasteiger partial charge in [0.1, 0.15) is 29.2 Å². The number of benzene rings is 2. The van der Waals surface area contributed by atoms with E-state index in [1.165, 1.54) is 0 Å². The van der Waals surface area contributed by atoms with Crippen molar-refractivity contribution in [3.05, 3.63) is 59.7 Å². The van der Waals surface area contributed by atoms with E-state index in [1.54, 1.807) is 83.5 Å². The van der Waals surface area contributed by atoms with Gasteiger partial charge in [0.05, 0.1) is 14.2 Å². The van der Waals surface area contributed by atoms with Gasteiger partial charge < -0.3 is 35.1 Å². The largest absolute Gasteiger partial charge is 0.497 e. The summed E-state index contributed by atoms with van der Waals surface area (Å²) in [5.41, 5.74) is 0.668. The lowest BCUT2D eigenvalue weighted by atomic mass is 9.85. The molecule has 3 rings (SSSR count). The van der Waals surface area contributed by atoms with E-state index in [1.807, 2.05) is 0 Å². The van der Waals surface area contributed by atoms with Crippen LogP contribution in [0.15, 0.2) is 48.5 Å². The second-order valence-corrected chi connectivity index (χ2v) is 9.47. The van der Waals surface area contributed by atoms with Crippen LogP contribution in [0, 0.1) is 0 Å². The van der Waals surface area contributed by atoms with Crippen LogP contribution in [0.3, 0.4) is 0 Å². The summed E-state index contributed by atoms with van der Waals surface area (Å²) in [4.78, 5) is 34.6. The maximum atomic E-state index is 12.3. The fraction of sp³-hybridized carbons (Fsp3) is 0.444. The Kier molecular flexibility index (Phi) is 10.7. The lowest BCUT2D eigenvalue weighted by molar-refractivity contribution is -0.140. The van der Waals surface area contributed by atoms with Crippen LogP contribution in [-0.4, -0.2) is 66.7 Å². The maximum absolute atomic E-state index is 12.3. The third-order valence-electron chi connectivity index (χ3n) is 5.58. The van der Waals surface area contributed by atoms with Crippen molar-refractivity contribution in [2.24, 2.45) is 0 Å². The number of nitrogens with one attached hydrogen (secondary N) is 2. The lowest BCUT2D eigenvalue weighted by Gasteiger charge is -2.28. The summed E-state index contributed by atoms with van der Waals surface area (Å²) in [5, 5.41) is 23.6. The van der Waals surface area contributed by atoms with Crippen LogP contribution in [0.5, 0.6) is 11.5 Å². The van der Waals surface area contributed by atoms with Gasteiger partial charge in [-0.2, -0.15) is 0 Å². The third kappa shape index (κ3) is 9.30. The molecule has 10 nitrogen and oxygen atoms in total. The van der Waals surface area contributed by atoms with Gasteiger partial charge in [-0.3, -0.25) is 4.79 Å². The van der Waals surface area contributed by atoms with Gasteiger partial charge in [0.2, 0.25) is 0 Å². The van der Waals surface area contributed by atoms with E-state index in [2.05, 4.69) is 10.6 Å². The molecule has 0 aromatic heterocycles. The van der Waals surface area contributed by atoms with Gasteiger partial charge >= 0.3 is 18.0 Å². The molecule has 37 heavy (non-hydrogen) atoms. The molecule has 0 radical (unpaired) electrons. The number of amides is 1. The smallest absolute Gasteiger partial charge is 0.408 e. The molecule has 1 heterocycles. The van der Waals surface area contributed by atoms with E-state index in [-0.39, 0.29) is 6.04 Å². The minimum absolute atomic E-state index is 0.269. The molecule has 2 atom stereocenters. The molecular formula is C27H36N2O8. The number of rotatable bonds is 8. The minimum atomic E-state index is -1.24. The summed E-state index contributed by atoms with van der Waals surface area (Å²) in [6.45, 7) is 6.00. The molecule has 0 spiro atoms. The van der Waals surface area contributed by atoms with Crippen LogP contribution in [0.4, 0.5) is 4.79 Å². The second kappa shape index (κ2) is 13.5. The number of carboxylic acid groups (broad SMARTS) is 2. The van der Waals surface area contributed by atoms with E-state index in [4.69, 9.17) is 19.3 Å². The van der Waals surface area contributed by atoms with Crippen LogP contribution >= 0.6 is 0 Å². The zero-order valence-electron chi connectivity index (χ0n) is 21.8. The van der Waals surface area contributed by atoms with Crippen molar-refractivity contribution >= 4 is 18.0 Å². The number of methoxy groups -OCH3 is 2. The number of ether oxygens (including phenoxy) is 3. The summed E-state index contributed by atoms with van der Waals surface area (Å²) in [7, 11) is 3.11. The number of carboxylic acids is 2. The molecule has 1 saturated heterocycles. The fourth-order valence-corrected chi connectivity index (χ4v) is 3.82. The van der Waals surface area contributed by atoms with Crippen LogP contribution in [-0.2, 0) is 14.3 Å². The average Bonchev–Trinajstić information content (AvgIpc) is 3.39. The van der Waals surface area contributed by atoms with Gasteiger partial charge in [0.25, 0.3) is 0 Å². The molecular weight excluding hydrogens is 480 g/mol. The summed E-state index contributed by atoms with van der Waals surface area (Å²) < 4.78 is 15.6. The zero-order chi connectivity index (χ0) is 27.6. The first-order valence-corrected chi connectivity index (χ1v) is 11.9. The van der Waals surface area contributed by atoms with Gasteiger partial charge in [0.15, 0.2) is 0 Å². The highest BCUT2D eigenvalue weighted by molar-refractivity contribution is 5.82. The summed E-state index contributed by atoms with van der Waals surface area (Å²) in [6.07, 6.45) is 0.990. The summed E-state index contributed by atoms with van der Waals surface area (Å²) >= 11 is 0. The van der Waals surface area contributed by atoms with Gasteiger partial charge in [-0.15, -0.1) is 0 Å². The van der Waals surface area contributed by atoms with E-state index < -0.39 is 35.6 Å². The normalized spacial score (nSPS) is 15.7. The van der Waals surface area contributed by atoms with E-state index in [0.29, 0.717) is 22.6 Å². The number of carbonyl (C=O) groups excluding carboxylic acids is 1. The van der Waals surface area contributed by atoms with Crippen molar-refractivity contribution in [1.82, 2.24) is 10.6 Å². The highest BCUT2D eigenvalue weighted by atomic mass is 16.6. The van der Waals surface area contributed by atoms with Gasteiger partial charge in [0, 0.05) is 5.92 Å². The highest BCUT2D eigenvalue weighted by Crippen LogP contribution is 2.31. The van der Waals surface area contributed by atoms with Crippen molar-refractivity contribution in [1.29, 1.82) is 0 Å². The first-order valence-electron chi connectivity index (χ1n) is 11.9. The van der Waals surface area contributed by atoms with Crippen molar-refractivity contribution in [3.8, 4) is 11.5 Å². The molecule has 1 aliphatic heterocycles. The Labute approximate surface area is 216 Å². The topological polar surface area (TPSA) is 143 Å². The quantitative estimate of drug-likeness (QED) is 0.413. The zero-order valence-corrected chi connectivity index (χ0v) is 21.8. The van der Waals surface area contributed by atoms with Crippen LogP contribution in [0.1, 0.15) is 50.7 Å². The lowest BCUT2D eigenvalue weighted by Crippen LogP contribution is -2.47. The molecule has 4 N–H and O–H groups in total. The molecule has 2 aromatic carbocycles. The predicted octanol–water partition coefficient (Wildman–Crippen LogP) is 3.64. The van der Waals surface area contributed by atoms with Crippen molar-refractivity contribution in [3.63, 3.8) is 0 Å². The number of aliphatic carboxylic acids is 2. The molecule has 0 saturated carbocycles. The monoisotopic (exact) mass is 516 g/mol. The number of hydrogen-bond donors (Lipinski definition) is 4. The maximum Gasteiger partial charge on any atom is 0.408 e.